The van der Waals surface area contributed by atoms with Crippen molar-refractivity contribution in [3.8, 4) is 5.69 Å². The Labute approximate surface area is 172 Å². The van der Waals surface area contributed by atoms with Gasteiger partial charge in [0.1, 0.15) is 0 Å². The first-order valence-corrected chi connectivity index (χ1v) is 10.5. The van der Waals surface area contributed by atoms with Crippen molar-refractivity contribution in [2.75, 3.05) is 57.8 Å². The van der Waals surface area contributed by atoms with Crippen LogP contribution in [0.15, 0.2) is 30.3 Å². The fourth-order valence-electron chi connectivity index (χ4n) is 4.49. The molecule has 0 spiro atoms. The molecule has 2 aliphatic rings. The summed E-state index contributed by atoms with van der Waals surface area (Å²) in [6.45, 7) is 9.11. The number of benzene rings is 1. The molecule has 2 saturated heterocycles. The van der Waals surface area contributed by atoms with E-state index in [2.05, 4.69) is 57.0 Å². The van der Waals surface area contributed by atoms with Gasteiger partial charge in [0.25, 0.3) is 0 Å². The number of rotatable bonds is 4. The molecule has 3 heterocycles. The summed E-state index contributed by atoms with van der Waals surface area (Å²) < 4.78 is 1.57. The maximum atomic E-state index is 5.88. The first-order valence-electron chi connectivity index (χ1n) is 10.5. The molecule has 2 aromatic rings. The van der Waals surface area contributed by atoms with Crippen LogP contribution in [-0.4, -0.2) is 81.8 Å². The summed E-state index contributed by atoms with van der Waals surface area (Å²) in [7, 11) is 2.22. The summed E-state index contributed by atoms with van der Waals surface area (Å²) in [6.07, 6.45) is 4.68. The third-order valence-electron chi connectivity index (χ3n) is 6.19. The first kappa shape index (κ1) is 19.7. The second-order valence-corrected chi connectivity index (χ2v) is 8.02. The van der Waals surface area contributed by atoms with Gasteiger partial charge in [0.05, 0.1) is 5.69 Å². The van der Waals surface area contributed by atoms with E-state index in [1.54, 1.807) is 4.68 Å². The standard InChI is InChI=1S/C21H32N8/c1-3-19(16-4-6-18(7-5-16)29-21(23)24-20(22)25-29)28-10-8-17(9-11-28)27-14-12-26(2)13-15-27/h3-7,17H,8-15H2,1-2H3,(H4,22,23,24,25). The summed E-state index contributed by atoms with van der Waals surface area (Å²) >= 11 is 0. The number of nitrogen functional groups attached to an aromatic ring is 2. The fourth-order valence-corrected chi connectivity index (χ4v) is 4.49. The van der Waals surface area contributed by atoms with Gasteiger partial charge in [-0.3, -0.25) is 4.90 Å². The number of piperazine rings is 1. The fraction of sp³-hybridized carbons (Fsp3) is 0.524. The second kappa shape index (κ2) is 8.42. The quantitative estimate of drug-likeness (QED) is 0.809. The van der Waals surface area contributed by atoms with Crippen molar-refractivity contribution in [3.63, 3.8) is 0 Å². The third kappa shape index (κ3) is 4.23. The van der Waals surface area contributed by atoms with Crippen molar-refractivity contribution in [2.24, 2.45) is 0 Å². The minimum atomic E-state index is 0.184. The van der Waals surface area contributed by atoms with E-state index in [0.717, 1.165) is 24.8 Å². The van der Waals surface area contributed by atoms with Crippen molar-refractivity contribution in [3.05, 3.63) is 35.9 Å². The van der Waals surface area contributed by atoms with Crippen LogP contribution < -0.4 is 11.5 Å². The zero-order valence-corrected chi connectivity index (χ0v) is 17.5. The van der Waals surface area contributed by atoms with Crippen molar-refractivity contribution < 1.29 is 0 Å². The molecular weight excluding hydrogens is 364 g/mol. The van der Waals surface area contributed by atoms with Gasteiger partial charge in [0, 0.05) is 51.0 Å². The summed E-state index contributed by atoms with van der Waals surface area (Å²) in [5, 5.41) is 4.15. The largest absolute Gasteiger partial charge is 0.371 e. The Kier molecular flexibility index (Phi) is 5.73. The SMILES string of the molecule is CC=C(c1ccc(-n2nc(N)nc2N)cc1)N1CCC(N2CCN(C)CC2)CC1. The molecule has 1 aromatic heterocycles. The molecule has 8 nitrogen and oxygen atoms in total. The van der Waals surface area contributed by atoms with Crippen LogP contribution in [0.25, 0.3) is 11.4 Å². The summed E-state index contributed by atoms with van der Waals surface area (Å²) in [6, 6.07) is 8.99. The lowest BCUT2D eigenvalue weighted by Gasteiger charge is -2.43. The molecule has 2 aliphatic heterocycles. The second-order valence-electron chi connectivity index (χ2n) is 8.02. The summed E-state index contributed by atoms with van der Waals surface area (Å²) in [5.41, 5.74) is 14.9. The van der Waals surface area contributed by atoms with E-state index in [0.29, 0.717) is 5.95 Å². The van der Waals surface area contributed by atoms with Crippen LogP contribution in [0.2, 0.25) is 0 Å². The summed E-state index contributed by atoms with van der Waals surface area (Å²) in [5.74, 6) is 0.483. The van der Waals surface area contributed by atoms with Crippen molar-refractivity contribution in [1.29, 1.82) is 0 Å². The average Bonchev–Trinajstić information content (AvgIpc) is 3.08. The number of hydrogen-bond donors (Lipinski definition) is 2. The molecular formula is C21H32N8. The number of likely N-dealkylation sites (N-methyl/N-ethyl adjacent to an activating group) is 1. The van der Waals surface area contributed by atoms with Gasteiger partial charge >= 0.3 is 0 Å². The topological polar surface area (TPSA) is 92.5 Å². The molecule has 0 radical (unpaired) electrons. The van der Waals surface area contributed by atoms with Gasteiger partial charge in [0.15, 0.2) is 0 Å². The Balaban J connectivity index is 1.40. The maximum absolute atomic E-state index is 5.88. The van der Waals surface area contributed by atoms with E-state index in [1.807, 2.05) is 12.1 Å². The van der Waals surface area contributed by atoms with Crippen LogP contribution in [0.3, 0.4) is 0 Å². The monoisotopic (exact) mass is 396 g/mol. The average molecular weight is 397 g/mol. The predicted molar refractivity (Wildman–Crippen MR) is 117 cm³/mol. The summed E-state index contributed by atoms with van der Waals surface area (Å²) in [4.78, 5) is 11.6. The van der Waals surface area contributed by atoms with Gasteiger partial charge < -0.3 is 21.3 Å². The minimum absolute atomic E-state index is 0.184. The molecule has 0 atom stereocenters. The van der Waals surface area contributed by atoms with Crippen LogP contribution >= 0.6 is 0 Å². The number of allylic oxidation sites excluding steroid dienone is 1. The molecule has 1 aromatic carbocycles. The van der Waals surface area contributed by atoms with Gasteiger partial charge in [0.2, 0.25) is 11.9 Å². The van der Waals surface area contributed by atoms with E-state index in [4.69, 9.17) is 11.5 Å². The van der Waals surface area contributed by atoms with Crippen LogP contribution in [0.4, 0.5) is 11.9 Å². The number of anilines is 2. The lowest BCUT2D eigenvalue weighted by Crippen LogP contribution is -2.52. The van der Waals surface area contributed by atoms with Crippen molar-refractivity contribution >= 4 is 17.6 Å². The highest BCUT2D eigenvalue weighted by Crippen LogP contribution is 2.27. The van der Waals surface area contributed by atoms with Crippen LogP contribution in [0, 0.1) is 0 Å². The molecule has 29 heavy (non-hydrogen) atoms. The molecule has 4 N–H and O–H groups in total. The van der Waals surface area contributed by atoms with Gasteiger partial charge in [-0.05, 0) is 44.5 Å². The normalized spacial score (nSPS) is 20.3. The Bertz CT molecular complexity index is 840. The van der Waals surface area contributed by atoms with Gasteiger partial charge in [-0.1, -0.05) is 18.2 Å². The van der Waals surface area contributed by atoms with E-state index < -0.39 is 0 Å². The molecule has 156 valence electrons. The molecule has 4 rings (SSSR count). The van der Waals surface area contributed by atoms with Crippen LogP contribution in [0.5, 0.6) is 0 Å². The first-order chi connectivity index (χ1) is 14.0. The molecule has 2 fully saturated rings. The lowest BCUT2D eigenvalue weighted by atomic mass is 10.00. The van der Waals surface area contributed by atoms with E-state index in [9.17, 15) is 0 Å². The van der Waals surface area contributed by atoms with E-state index >= 15 is 0 Å². The number of nitrogens with zero attached hydrogens (tertiary/aromatic N) is 6. The molecule has 0 unspecified atom stereocenters. The lowest BCUT2D eigenvalue weighted by molar-refractivity contribution is 0.0801. The number of likely N-dealkylation sites (tertiary alicyclic amines) is 1. The Morgan fingerprint density at radius 3 is 2.21 bits per heavy atom. The van der Waals surface area contributed by atoms with Crippen molar-refractivity contribution in [1.82, 2.24) is 29.5 Å². The van der Waals surface area contributed by atoms with Gasteiger partial charge in [-0.15, -0.1) is 5.10 Å². The number of aromatic nitrogens is 3. The zero-order chi connectivity index (χ0) is 20.4. The van der Waals surface area contributed by atoms with Gasteiger partial charge in [-0.25, -0.2) is 0 Å². The van der Waals surface area contributed by atoms with Crippen molar-refractivity contribution in [2.45, 2.75) is 25.8 Å². The Morgan fingerprint density at radius 1 is 1.00 bits per heavy atom. The van der Waals surface area contributed by atoms with Crippen LogP contribution in [0.1, 0.15) is 25.3 Å². The predicted octanol–water partition coefficient (Wildman–Crippen LogP) is 1.50. The minimum Gasteiger partial charge on any atom is -0.371 e. The Morgan fingerprint density at radius 2 is 1.66 bits per heavy atom. The van der Waals surface area contributed by atoms with E-state index in [-0.39, 0.29) is 5.95 Å². The highest BCUT2D eigenvalue weighted by molar-refractivity contribution is 5.65. The molecule has 0 amide bonds. The number of nitrogens with two attached hydrogens (primary N) is 2. The van der Waals surface area contributed by atoms with Crippen LogP contribution in [-0.2, 0) is 0 Å². The zero-order valence-electron chi connectivity index (χ0n) is 17.5. The highest BCUT2D eigenvalue weighted by Gasteiger charge is 2.27. The molecule has 8 heteroatoms. The molecule has 0 saturated carbocycles. The Hall–Kier alpha value is -2.58. The molecule has 0 aliphatic carbocycles. The third-order valence-corrected chi connectivity index (χ3v) is 6.19. The van der Waals surface area contributed by atoms with Gasteiger partial charge in [-0.2, -0.15) is 9.67 Å². The number of hydrogen-bond acceptors (Lipinski definition) is 7. The van der Waals surface area contributed by atoms with E-state index in [1.165, 1.54) is 50.3 Å². The maximum Gasteiger partial charge on any atom is 0.241 e. The number of piperidine rings is 1. The highest BCUT2D eigenvalue weighted by atomic mass is 15.4. The molecule has 0 bridgehead atoms. The smallest absolute Gasteiger partial charge is 0.241 e.